The van der Waals surface area contributed by atoms with Crippen LogP contribution in [0.3, 0.4) is 0 Å². The van der Waals surface area contributed by atoms with Gasteiger partial charge in [0.05, 0.1) is 13.1 Å². The number of hydrogen-bond acceptors (Lipinski definition) is 4. The van der Waals surface area contributed by atoms with E-state index in [-0.39, 0.29) is 37.7 Å². The fraction of sp³-hybridized carbons (Fsp3) is 0.667. The van der Waals surface area contributed by atoms with Gasteiger partial charge in [-0.3, -0.25) is 14.5 Å². The Morgan fingerprint density at radius 2 is 1.82 bits per heavy atom. The van der Waals surface area contributed by atoms with Gasteiger partial charge in [0, 0.05) is 12.8 Å². The molecule has 0 aromatic heterocycles. The summed E-state index contributed by atoms with van der Waals surface area (Å²) in [4.78, 5) is 32.5. The molecule has 1 aliphatic rings. The zero-order valence-electron chi connectivity index (χ0n) is 5.95. The molecule has 1 fully saturated rings. The molecule has 0 unspecified atom stereocenters. The summed E-state index contributed by atoms with van der Waals surface area (Å²) in [5.74, 6) is -0.391. The second kappa shape index (κ2) is 3.23. The average molecular weight is 156 g/mol. The summed E-state index contributed by atoms with van der Waals surface area (Å²) < 4.78 is 0. The van der Waals surface area contributed by atoms with Crippen LogP contribution >= 0.6 is 0 Å². The number of carbonyl (C=O) groups excluding carboxylic acids is 2. The van der Waals surface area contributed by atoms with Crippen molar-refractivity contribution in [3.05, 3.63) is 4.91 Å². The van der Waals surface area contributed by atoms with Crippen LogP contribution in [0.2, 0.25) is 0 Å². The van der Waals surface area contributed by atoms with Gasteiger partial charge in [0.2, 0.25) is 11.8 Å². The highest BCUT2D eigenvalue weighted by Crippen LogP contribution is 2.10. The van der Waals surface area contributed by atoms with Gasteiger partial charge in [-0.2, -0.15) is 4.91 Å². The van der Waals surface area contributed by atoms with Crippen molar-refractivity contribution in [2.45, 2.75) is 12.8 Å². The normalized spacial score (nSPS) is 17.6. The van der Waals surface area contributed by atoms with E-state index in [0.29, 0.717) is 0 Å². The van der Waals surface area contributed by atoms with E-state index in [2.05, 4.69) is 5.18 Å². The van der Waals surface area contributed by atoms with Gasteiger partial charge in [0.1, 0.15) is 0 Å². The number of amides is 2. The first kappa shape index (κ1) is 7.84. The van der Waals surface area contributed by atoms with E-state index in [1.807, 2.05) is 0 Å². The van der Waals surface area contributed by atoms with Crippen molar-refractivity contribution in [3.8, 4) is 0 Å². The molecule has 1 saturated heterocycles. The third-order valence-corrected chi connectivity index (χ3v) is 1.57. The van der Waals surface area contributed by atoms with Crippen molar-refractivity contribution < 1.29 is 9.59 Å². The van der Waals surface area contributed by atoms with Crippen molar-refractivity contribution in [2.75, 3.05) is 13.1 Å². The summed E-state index contributed by atoms with van der Waals surface area (Å²) >= 11 is 0. The molecule has 0 spiro atoms. The number of rotatable bonds is 3. The predicted molar refractivity (Wildman–Crippen MR) is 36.6 cm³/mol. The zero-order chi connectivity index (χ0) is 8.27. The van der Waals surface area contributed by atoms with Crippen LogP contribution in [0.5, 0.6) is 0 Å². The van der Waals surface area contributed by atoms with E-state index in [1.165, 1.54) is 0 Å². The molecule has 2 amide bonds. The zero-order valence-corrected chi connectivity index (χ0v) is 5.95. The van der Waals surface area contributed by atoms with Crippen molar-refractivity contribution in [2.24, 2.45) is 5.18 Å². The molecule has 0 saturated carbocycles. The van der Waals surface area contributed by atoms with Crippen molar-refractivity contribution in [3.63, 3.8) is 0 Å². The van der Waals surface area contributed by atoms with Gasteiger partial charge in [0.25, 0.3) is 0 Å². The molecule has 0 aliphatic carbocycles. The quantitative estimate of drug-likeness (QED) is 0.423. The predicted octanol–water partition coefficient (Wildman–Crippen LogP) is -0.0982. The minimum absolute atomic E-state index is 0.00250. The Kier molecular flexibility index (Phi) is 2.30. The number of nitroso groups, excluding NO2 is 1. The summed E-state index contributed by atoms with van der Waals surface area (Å²) in [5, 5.41) is 2.57. The Morgan fingerprint density at radius 3 is 2.27 bits per heavy atom. The highest BCUT2D eigenvalue weighted by Gasteiger charge is 2.27. The van der Waals surface area contributed by atoms with Crippen molar-refractivity contribution in [1.82, 2.24) is 4.90 Å². The Labute approximate surface area is 63.3 Å². The fourth-order valence-electron chi connectivity index (χ4n) is 1.01. The summed E-state index contributed by atoms with van der Waals surface area (Å²) in [7, 11) is 0. The summed E-state index contributed by atoms with van der Waals surface area (Å²) in [6.45, 7) is 0.138. The smallest absolute Gasteiger partial charge is 0.229 e. The monoisotopic (exact) mass is 156 g/mol. The van der Waals surface area contributed by atoms with Gasteiger partial charge in [-0.25, -0.2) is 0 Å². The van der Waals surface area contributed by atoms with Gasteiger partial charge >= 0.3 is 0 Å². The Balaban J connectivity index is 2.47. The highest BCUT2D eigenvalue weighted by atomic mass is 16.3. The van der Waals surface area contributed by atoms with Crippen LogP contribution in [0, 0.1) is 4.91 Å². The minimum atomic E-state index is -0.196. The summed E-state index contributed by atoms with van der Waals surface area (Å²) in [6, 6.07) is 0. The molecule has 5 nitrogen and oxygen atoms in total. The van der Waals surface area contributed by atoms with E-state index in [1.54, 1.807) is 0 Å². The lowest BCUT2D eigenvalue weighted by molar-refractivity contribution is -0.138. The maximum absolute atomic E-state index is 10.9. The molecule has 1 rings (SSSR count). The van der Waals surface area contributed by atoms with Gasteiger partial charge in [0.15, 0.2) is 0 Å². The van der Waals surface area contributed by atoms with Crippen LogP contribution in [0.1, 0.15) is 12.8 Å². The first-order valence-corrected chi connectivity index (χ1v) is 3.38. The molecular weight excluding hydrogens is 148 g/mol. The van der Waals surface area contributed by atoms with Crippen LogP contribution in [0.25, 0.3) is 0 Å². The molecule has 0 radical (unpaired) electrons. The van der Waals surface area contributed by atoms with E-state index in [4.69, 9.17) is 0 Å². The molecule has 0 aromatic rings. The Bertz CT molecular complexity index is 186. The topological polar surface area (TPSA) is 66.8 Å². The first-order chi connectivity index (χ1) is 5.25. The summed E-state index contributed by atoms with van der Waals surface area (Å²) in [5.41, 5.74) is 0. The number of likely N-dealkylation sites (tertiary alicyclic amines) is 1. The molecule has 5 heteroatoms. The van der Waals surface area contributed by atoms with Crippen molar-refractivity contribution in [1.29, 1.82) is 0 Å². The van der Waals surface area contributed by atoms with Crippen LogP contribution in [-0.4, -0.2) is 29.8 Å². The minimum Gasteiger partial charge on any atom is -0.281 e. The third-order valence-electron chi connectivity index (χ3n) is 1.57. The van der Waals surface area contributed by atoms with Crippen LogP contribution in [-0.2, 0) is 9.59 Å². The lowest BCUT2D eigenvalue weighted by atomic mass is 10.4. The van der Waals surface area contributed by atoms with Crippen LogP contribution in [0.15, 0.2) is 5.18 Å². The largest absolute Gasteiger partial charge is 0.281 e. The molecule has 1 heterocycles. The molecule has 60 valence electrons. The number of carbonyl (C=O) groups is 2. The average Bonchev–Trinajstić information content (AvgIpc) is 2.29. The molecule has 0 N–H and O–H groups in total. The molecule has 0 aromatic carbocycles. The van der Waals surface area contributed by atoms with E-state index in [0.717, 1.165) is 4.90 Å². The third kappa shape index (κ3) is 1.60. The Hall–Kier alpha value is -1.26. The second-order valence-corrected chi connectivity index (χ2v) is 2.29. The van der Waals surface area contributed by atoms with Crippen LogP contribution in [0.4, 0.5) is 0 Å². The van der Waals surface area contributed by atoms with E-state index >= 15 is 0 Å². The van der Waals surface area contributed by atoms with E-state index in [9.17, 15) is 14.5 Å². The van der Waals surface area contributed by atoms with Gasteiger partial charge in [-0.1, -0.05) is 5.18 Å². The first-order valence-electron chi connectivity index (χ1n) is 3.38. The fourth-order valence-corrected chi connectivity index (χ4v) is 1.01. The van der Waals surface area contributed by atoms with E-state index < -0.39 is 0 Å². The molecule has 0 bridgehead atoms. The lowest BCUT2D eigenvalue weighted by Gasteiger charge is -2.09. The van der Waals surface area contributed by atoms with Gasteiger partial charge in [-0.05, 0) is 0 Å². The SMILES string of the molecule is O=NCCN1C(=O)CCC1=O. The number of nitrogens with zero attached hydrogens (tertiary/aromatic N) is 2. The molecular formula is C6H8N2O3. The Morgan fingerprint density at radius 1 is 1.27 bits per heavy atom. The molecule has 1 aliphatic heterocycles. The summed E-state index contributed by atoms with van der Waals surface area (Å²) in [6.07, 6.45) is 0.551. The van der Waals surface area contributed by atoms with Gasteiger partial charge < -0.3 is 0 Å². The maximum Gasteiger partial charge on any atom is 0.229 e. The molecule has 0 atom stereocenters. The second-order valence-electron chi connectivity index (χ2n) is 2.29. The van der Waals surface area contributed by atoms with Crippen LogP contribution < -0.4 is 0 Å². The lowest BCUT2D eigenvalue weighted by Crippen LogP contribution is -2.31. The standard InChI is InChI=1S/C6H8N2O3/c9-5-1-2-6(10)8(5)4-3-7-11/h1-4H2. The molecule has 11 heavy (non-hydrogen) atoms. The van der Waals surface area contributed by atoms with Crippen molar-refractivity contribution >= 4 is 11.8 Å². The number of imide groups is 1. The maximum atomic E-state index is 10.9. The highest BCUT2D eigenvalue weighted by molar-refractivity contribution is 6.01. The van der Waals surface area contributed by atoms with Gasteiger partial charge in [-0.15, -0.1) is 0 Å². The number of hydrogen-bond donors (Lipinski definition) is 0.